The van der Waals surface area contributed by atoms with Crippen molar-refractivity contribution < 1.29 is 19.4 Å². The number of hydrogen-bond donors (Lipinski definition) is 1. The maximum atomic E-state index is 10.7. The lowest BCUT2D eigenvalue weighted by atomic mass is 10.0. The molecule has 1 N–H and O–H groups in total. The molecule has 22 heavy (non-hydrogen) atoms. The van der Waals surface area contributed by atoms with Crippen LogP contribution in [0, 0.1) is 13.8 Å². The normalized spacial score (nSPS) is 10.3. The minimum absolute atomic E-state index is 0.136. The summed E-state index contributed by atoms with van der Waals surface area (Å²) in [5, 5.41) is 8.77. The van der Waals surface area contributed by atoms with E-state index in [9.17, 15) is 4.79 Å². The van der Waals surface area contributed by atoms with Gasteiger partial charge in [0.1, 0.15) is 17.2 Å². The standard InChI is InChI=1S/C18H20O4/c1-12-10-14(4-9-17(19)20)11-13(2)18(12)22-16-7-5-15(21-3)6-8-16/h5-8,10-11H,4,9H2,1-3H3,(H,19,20). The van der Waals surface area contributed by atoms with Gasteiger partial charge in [-0.25, -0.2) is 0 Å². The third kappa shape index (κ3) is 4.01. The van der Waals surface area contributed by atoms with Crippen molar-refractivity contribution in [2.24, 2.45) is 0 Å². The van der Waals surface area contributed by atoms with Gasteiger partial charge >= 0.3 is 5.97 Å². The Hall–Kier alpha value is -2.49. The van der Waals surface area contributed by atoms with Crippen molar-refractivity contribution in [1.82, 2.24) is 0 Å². The quantitative estimate of drug-likeness (QED) is 0.871. The molecule has 0 spiro atoms. The van der Waals surface area contributed by atoms with Gasteiger partial charge in [-0.1, -0.05) is 12.1 Å². The molecular weight excluding hydrogens is 280 g/mol. The Labute approximate surface area is 130 Å². The molecule has 0 saturated heterocycles. The maximum Gasteiger partial charge on any atom is 0.303 e. The van der Waals surface area contributed by atoms with Gasteiger partial charge in [-0.2, -0.15) is 0 Å². The SMILES string of the molecule is COc1ccc(Oc2c(C)cc(CCC(=O)O)cc2C)cc1. The van der Waals surface area contributed by atoms with Crippen molar-refractivity contribution in [3.8, 4) is 17.2 Å². The van der Waals surface area contributed by atoms with Crippen molar-refractivity contribution in [3.05, 3.63) is 53.1 Å². The topological polar surface area (TPSA) is 55.8 Å². The van der Waals surface area contributed by atoms with Crippen LogP contribution in [0.15, 0.2) is 36.4 Å². The predicted molar refractivity (Wildman–Crippen MR) is 84.9 cm³/mol. The second kappa shape index (κ2) is 6.98. The highest BCUT2D eigenvalue weighted by molar-refractivity contribution is 5.67. The van der Waals surface area contributed by atoms with E-state index in [4.69, 9.17) is 14.6 Å². The zero-order valence-corrected chi connectivity index (χ0v) is 13.1. The minimum atomic E-state index is -0.783. The molecule has 0 bridgehead atoms. The van der Waals surface area contributed by atoms with E-state index in [1.807, 2.05) is 50.2 Å². The third-order valence-electron chi connectivity index (χ3n) is 3.43. The first kappa shape index (κ1) is 15.9. The Morgan fingerprint density at radius 2 is 1.59 bits per heavy atom. The number of carboxylic acids is 1. The number of carboxylic acid groups (broad SMARTS) is 1. The first-order valence-corrected chi connectivity index (χ1v) is 7.13. The molecule has 0 heterocycles. The van der Waals surface area contributed by atoms with E-state index in [0.717, 1.165) is 33.9 Å². The average molecular weight is 300 g/mol. The highest BCUT2D eigenvalue weighted by atomic mass is 16.5. The fourth-order valence-corrected chi connectivity index (χ4v) is 2.36. The van der Waals surface area contributed by atoms with Crippen molar-refractivity contribution in [2.75, 3.05) is 7.11 Å². The van der Waals surface area contributed by atoms with Gasteiger partial charge in [0.05, 0.1) is 7.11 Å². The summed E-state index contributed by atoms with van der Waals surface area (Å²) in [7, 11) is 1.63. The van der Waals surface area contributed by atoms with E-state index in [2.05, 4.69) is 0 Å². The van der Waals surface area contributed by atoms with Crippen LogP contribution in [0.4, 0.5) is 0 Å². The number of benzene rings is 2. The van der Waals surface area contributed by atoms with Crippen LogP contribution in [0.1, 0.15) is 23.1 Å². The van der Waals surface area contributed by atoms with E-state index < -0.39 is 5.97 Å². The van der Waals surface area contributed by atoms with E-state index in [1.165, 1.54) is 0 Å². The van der Waals surface area contributed by atoms with Crippen LogP contribution in [-0.2, 0) is 11.2 Å². The van der Waals surface area contributed by atoms with Gasteiger partial charge < -0.3 is 14.6 Å². The lowest BCUT2D eigenvalue weighted by Gasteiger charge is -2.14. The van der Waals surface area contributed by atoms with Crippen LogP contribution >= 0.6 is 0 Å². The summed E-state index contributed by atoms with van der Waals surface area (Å²) >= 11 is 0. The van der Waals surface area contributed by atoms with Crippen LogP contribution < -0.4 is 9.47 Å². The molecule has 2 rings (SSSR count). The second-order valence-electron chi connectivity index (χ2n) is 5.23. The second-order valence-corrected chi connectivity index (χ2v) is 5.23. The molecule has 116 valence electrons. The molecule has 0 radical (unpaired) electrons. The smallest absolute Gasteiger partial charge is 0.303 e. The van der Waals surface area contributed by atoms with Crippen LogP contribution in [0.2, 0.25) is 0 Å². The maximum absolute atomic E-state index is 10.7. The molecule has 0 fully saturated rings. The predicted octanol–water partition coefficient (Wildman–Crippen LogP) is 4.12. The number of aliphatic carboxylic acids is 1. The molecule has 4 heteroatoms. The highest BCUT2D eigenvalue weighted by Gasteiger charge is 2.09. The Balaban J connectivity index is 2.18. The third-order valence-corrected chi connectivity index (χ3v) is 3.43. The lowest BCUT2D eigenvalue weighted by molar-refractivity contribution is -0.136. The van der Waals surface area contributed by atoms with Gasteiger partial charge in [0, 0.05) is 6.42 Å². The number of ether oxygens (including phenoxy) is 2. The average Bonchev–Trinajstić information content (AvgIpc) is 2.49. The fraction of sp³-hybridized carbons (Fsp3) is 0.278. The molecule has 2 aromatic rings. The lowest BCUT2D eigenvalue weighted by Crippen LogP contribution is -1.99. The molecule has 0 aromatic heterocycles. The Morgan fingerprint density at radius 3 is 2.09 bits per heavy atom. The molecule has 4 nitrogen and oxygen atoms in total. The number of methoxy groups -OCH3 is 1. The summed E-state index contributed by atoms with van der Waals surface area (Å²) in [6.45, 7) is 3.94. The summed E-state index contributed by atoms with van der Waals surface area (Å²) in [5.41, 5.74) is 3.01. The molecule has 0 amide bonds. The van der Waals surface area contributed by atoms with E-state index in [1.54, 1.807) is 7.11 Å². The molecule has 0 aliphatic rings. The minimum Gasteiger partial charge on any atom is -0.497 e. The highest BCUT2D eigenvalue weighted by Crippen LogP contribution is 2.31. The first-order chi connectivity index (χ1) is 10.5. The summed E-state index contributed by atoms with van der Waals surface area (Å²) in [4.78, 5) is 10.7. The fourth-order valence-electron chi connectivity index (χ4n) is 2.36. The number of rotatable bonds is 6. The van der Waals surface area contributed by atoms with E-state index >= 15 is 0 Å². The Bertz CT molecular complexity index is 636. The van der Waals surface area contributed by atoms with E-state index in [0.29, 0.717) is 6.42 Å². The largest absolute Gasteiger partial charge is 0.497 e. The Morgan fingerprint density at radius 1 is 1.05 bits per heavy atom. The van der Waals surface area contributed by atoms with Crippen LogP contribution in [-0.4, -0.2) is 18.2 Å². The summed E-state index contributed by atoms with van der Waals surface area (Å²) in [6, 6.07) is 11.4. The molecule has 2 aromatic carbocycles. The molecule has 0 aliphatic heterocycles. The van der Waals surface area contributed by atoms with Gasteiger partial charge in [0.15, 0.2) is 0 Å². The number of hydrogen-bond acceptors (Lipinski definition) is 3. The monoisotopic (exact) mass is 300 g/mol. The molecule has 0 aliphatic carbocycles. The van der Waals surface area contributed by atoms with Crippen molar-refractivity contribution in [3.63, 3.8) is 0 Å². The van der Waals surface area contributed by atoms with Gasteiger partial charge in [-0.05, 0) is 61.2 Å². The molecule has 0 unspecified atom stereocenters. The van der Waals surface area contributed by atoms with Crippen molar-refractivity contribution in [1.29, 1.82) is 0 Å². The molecular formula is C18H20O4. The van der Waals surface area contributed by atoms with Gasteiger partial charge in [0.2, 0.25) is 0 Å². The zero-order chi connectivity index (χ0) is 16.1. The molecule has 0 saturated carbocycles. The van der Waals surface area contributed by atoms with Gasteiger partial charge in [-0.15, -0.1) is 0 Å². The van der Waals surface area contributed by atoms with Crippen LogP contribution in [0.3, 0.4) is 0 Å². The number of carbonyl (C=O) groups is 1. The summed E-state index contributed by atoms with van der Waals surface area (Å²) < 4.78 is 11.1. The van der Waals surface area contributed by atoms with Crippen LogP contribution in [0.5, 0.6) is 17.2 Å². The van der Waals surface area contributed by atoms with Crippen molar-refractivity contribution in [2.45, 2.75) is 26.7 Å². The summed E-state index contributed by atoms with van der Waals surface area (Å²) in [5.74, 6) is 1.55. The van der Waals surface area contributed by atoms with Crippen molar-refractivity contribution >= 4 is 5.97 Å². The first-order valence-electron chi connectivity index (χ1n) is 7.13. The van der Waals surface area contributed by atoms with E-state index in [-0.39, 0.29) is 6.42 Å². The zero-order valence-electron chi connectivity index (χ0n) is 13.1. The van der Waals surface area contributed by atoms with Gasteiger partial charge in [-0.3, -0.25) is 4.79 Å². The summed E-state index contributed by atoms with van der Waals surface area (Å²) in [6.07, 6.45) is 0.664. The van der Waals surface area contributed by atoms with Crippen LogP contribution in [0.25, 0.3) is 0 Å². The van der Waals surface area contributed by atoms with Gasteiger partial charge in [0.25, 0.3) is 0 Å². The number of aryl methyl sites for hydroxylation is 3. The Kier molecular flexibility index (Phi) is 5.04. The molecule has 0 atom stereocenters.